The maximum Gasteiger partial charge on any atom is 0.205 e. The van der Waals surface area contributed by atoms with Crippen LogP contribution < -0.4 is 4.90 Å². The Balaban J connectivity index is 1.44. The molecule has 0 saturated carbocycles. The predicted octanol–water partition coefficient (Wildman–Crippen LogP) is 5.87. The highest BCUT2D eigenvalue weighted by Gasteiger charge is 2.23. The molecule has 9 heteroatoms. The molecule has 3 aromatic rings. The Morgan fingerprint density at radius 3 is 2.70 bits per heavy atom. The van der Waals surface area contributed by atoms with E-state index in [2.05, 4.69) is 35.8 Å². The van der Waals surface area contributed by atoms with Crippen LogP contribution in [-0.2, 0) is 11.3 Å². The Hall–Kier alpha value is -1.05. The van der Waals surface area contributed by atoms with Crippen molar-refractivity contribution in [3.8, 4) is 0 Å². The molecule has 1 aromatic carbocycles. The molecule has 1 N–H and O–H groups in total. The summed E-state index contributed by atoms with van der Waals surface area (Å²) in [5.41, 5.74) is 2.42. The van der Waals surface area contributed by atoms with Gasteiger partial charge in [-0.3, -0.25) is 0 Å². The van der Waals surface area contributed by atoms with Crippen LogP contribution in [0.1, 0.15) is 18.4 Å². The molecule has 0 radical (unpaired) electrons. The number of ether oxygens (including phenoxy) is 1. The molecule has 3 heterocycles. The molecule has 4 rings (SSSR count). The number of fused-ring (bicyclic) bond motifs is 1. The molecular weight excluding hydrogens is 474 g/mol. The number of aromatic amines is 1. The second kappa shape index (κ2) is 8.13. The van der Waals surface area contributed by atoms with E-state index in [1.54, 1.807) is 6.07 Å². The van der Waals surface area contributed by atoms with Gasteiger partial charge in [0.2, 0.25) is 5.95 Å². The fourth-order valence-corrected chi connectivity index (χ4v) is 4.23. The number of nitrogens with zero attached hydrogens (tertiary/aromatic N) is 3. The zero-order chi connectivity index (χ0) is 19.0. The lowest BCUT2D eigenvalue weighted by Gasteiger charge is -2.32. The number of nitrogens with one attached hydrogen (secondary N) is 1. The average Bonchev–Trinajstić information content (AvgIpc) is 3.03. The fourth-order valence-electron chi connectivity index (χ4n) is 3.21. The highest BCUT2D eigenvalue weighted by atomic mass is 79.9. The monoisotopic (exact) mass is 488 g/mol. The van der Waals surface area contributed by atoms with Gasteiger partial charge in [-0.05, 0) is 58.6 Å². The Morgan fingerprint density at radius 1 is 1.15 bits per heavy atom. The Morgan fingerprint density at radius 2 is 1.93 bits per heavy atom. The second-order valence-electron chi connectivity index (χ2n) is 6.49. The Bertz CT molecular complexity index is 921. The zero-order valence-electron chi connectivity index (χ0n) is 14.2. The third kappa shape index (κ3) is 4.51. The number of H-pyrrole nitrogens is 1. The van der Waals surface area contributed by atoms with Gasteiger partial charge < -0.3 is 14.6 Å². The number of rotatable bonds is 4. The molecule has 0 amide bonds. The van der Waals surface area contributed by atoms with Crippen molar-refractivity contribution in [2.45, 2.75) is 25.6 Å². The highest BCUT2D eigenvalue weighted by molar-refractivity contribution is 9.10. The van der Waals surface area contributed by atoms with Gasteiger partial charge in [0, 0.05) is 23.1 Å². The van der Waals surface area contributed by atoms with E-state index in [4.69, 9.17) is 39.5 Å². The summed E-state index contributed by atoms with van der Waals surface area (Å²) in [5, 5.41) is 1.64. The molecule has 1 atom stereocenters. The first kappa shape index (κ1) is 19.3. The first-order valence-corrected chi connectivity index (χ1v) is 10.4. The SMILES string of the molecule is Clc1cc(Cl)cc(CO[C@H]2CCCN(c3nc4nc(Cl)c(Br)cc4[nH]3)C2)c1. The van der Waals surface area contributed by atoms with Crippen LogP contribution in [0.15, 0.2) is 28.7 Å². The van der Waals surface area contributed by atoms with Crippen molar-refractivity contribution in [2.75, 3.05) is 18.0 Å². The third-order valence-electron chi connectivity index (χ3n) is 4.46. The molecule has 0 aliphatic carbocycles. The molecule has 0 bridgehead atoms. The molecule has 0 unspecified atom stereocenters. The van der Waals surface area contributed by atoms with E-state index in [-0.39, 0.29) is 6.10 Å². The summed E-state index contributed by atoms with van der Waals surface area (Å²) in [5.74, 6) is 0.783. The van der Waals surface area contributed by atoms with Gasteiger partial charge in [-0.15, -0.1) is 0 Å². The Kier molecular flexibility index (Phi) is 5.81. The van der Waals surface area contributed by atoms with E-state index in [9.17, 15) is 0 Å². The molecule has 1 aliphatic rings. The van der Waals surface area contributed by atoms with Crippen LogP contribution in [-0.4, -0.2) is 34.1 Å². The van der Waals surface area contributed by atoms with Gasteiger partial charge in [0.15, 0.2) is 5.65 Å². The number of piperidine rings is 1. The molecule has 142 valence electrons. The number of hydrogen-bond acceptors (Lipinski definition) is 4. The van der Waals surface area contributed by atoms with Crippen LogP contribution in [0.3, 0.4) is 0 Å². The molecule has 1 fully saturated rings. The van der Waals surface area contributed by atoms with E-state index < -0.39 is 0 Å². The summed E-state index contributed by atoms with van der Waals surface area (Å²) < 4.78 is 6.84. The van der Waals surface area contributed by atoms with Crippen molar-refractivity contribution >= 4 is 67.8 Å². The third-order valence-corrected chi connectivity index (χ3v) is 6.01. The Labute approximate surface area is 180 Å². The standard InChI is InChI=1S/C18H16BrCl3N4O/c19-14-7-15-17(24-16(14)22)25-18(23-15)26-3-1-2-13(8-26)27-9-10-4-11(20)6-12(21)5-10/h4-7,13H,1-3,8-9H2,(H,23,24,25)/t13-/m0/s1. The maximum atomic E-state index is 6.10. The minimum Gasteiger partial charge on any atom is -0.372 e. The second-order valence-corrected chi connectivity index (χ2v) is 8.58. The predicted molar refractivity (Wildman–Crippen MR) is 113 cm³/mol. The van der Waals surface area contributed by atoms with Gasteiger partial charge in [-0.1, -0.05) is 34.8 Å². The summed E-state index contributed by atoms with van der Waals surface area (Å²) in [4.78, 5) is 14.4. The molecule has 1 saturated heterocycles. The molecule has 27 heavy (non-hydrogen) atoms. The topological polar surface area (TPSA) is 54.0 Å². The van der Waals surface area contributed by atoms with Crippen LogP contribution in [0.25, 0.3) is 11.2 Å². The first-order valence-electron chi connectivity index (χ1n) is 8.51. The van der Waals surface area contributed by atoms with E-state index in [0.717, 1.165) is 47.4 Å². The lowest BCUT2D eigenvalue weighted by Crippen LogP contribution is -2.40. The number of pyridine rings is 1. The van der Waals surface area contributed by atoms with Crippen molar-refractivity contribution in [2.24, 2.45) is 0 Å². The minimum atomic E-state index is 0.105. The van der Waals surface area contributed by atoms with Crippen molar-refractivity contribution in [1.29, 1.82) is 0 Å². The van der Waals surface area contributed by atoms with Gasteiger partial charge in [-0.25, -0.2) is 4.98 Å². The molecule has 0 spiro atoms. The number of imidazole rings is 1. The quantitative estimate of drug-likeness (QED) is 0.465. The minimum absolute atomic E-state index is 0.105. The number of hydrogen-bond donors (Lipinski definition) is 1. The summed E-state index contributed by atoms with van der Waals surface area (Å²) in [7, 11) is 0. The number of benzene rings is 1. The highest BCUT2D eigenvalue weighted by Crippen LogP contribution is 2.27. The van der Waals surface area contributed by atoms with Gasteiger partial charge in [0.05, 0.1) is 22.7 Å². The van der Waals surface area contributed by atoms with Crippen molar-refractivity contribution in [3.63, 3.8) is 0 Å². The zero-order valence-corrected chi connectivity index (χ0v) is 18.0. The van der Waals surface area contributed by atoms with Gasteiger partial charge in [-0.2, -0.15) is 4.98 Å². The van der Waals surface area contributed by atoms with Crippen molar-refractivity contribution in [3.05, 3.63) is 49.5 Å². The van der Waals surface area contributed by atoms with Crippen molar-refractivity contribution in [1.82, 2.24) is 15.0 Å². The summed E-state index contributed by atoms with van der Waals surface area (Å²) >= 11 is 21.6. The van der Waals surface area contributed by atoms with Crippen LogP contribution in [0, 0.1) is 0 Å². The normalized spacial score (nSPS) is 17.6. The number of halogens is 4. The van der Waals surface area contributed by atoms with E-state index in [1.807, 2.05) is 18.2 Å². The van der Waals surface area contributed by atoms with Gasteiger partial charge in [0.1, 0.15) is 5.15 Å². The lowest BCUT2D eigenvalue weighted by atomic mass is 10.1. The van der Waals surface area contributed by atoms with Crippen molar-refractivity contribution < 1.29 is 4.74 Å². The van der Waals surface area contributed by atoms with E-state index in [1.165, 1.54) is 0 Å². The number of anilines is 1. The summed E-state index contributed by atoms with van der Waals surface area (Å²) in [6.45, 7) is 2.14. The fraction of sp³-hybridized carbons (Fsp3) is 0.333. The molecule has 1 aliphatic heterocycles. The smallest absolute Gasteiger partial charge is 0.205 e. The molecule has 5 nitrogen and oxygen atoms in total. The van der Waals surface area contributed by atoms with Crippen LogP contribution >= 0.6 is 50.7 Å². The van der Waals surface area contributed by atoms with E-state index in [0.29, 0.717) is 27.5 Å². The maximum absolute atomic E-state index is 6.10. The van der Waals surface area contributed by atoms with E-state index >= 15 is 0 Å². The summed E-state index contributed by atoms with van der Waals surface area (Å²) in [6, 6.07) is 7.36. The summed E-state index contributed by atoms with van der Waals surface area (Å²) in [6.07, 6.45) is 2.13. The molecule has 2 aromatic heterocycles. The first-order chi connectivity index (χ1) is 13.0. The van der Waals surface area contributed by atoms with Gasteiger partial charge >= 0.3 is 0 Å². The van der Waals surface area contributed by atoms with Crippen LogP contribution in [0.5, 0.6) is 0 Å². The average molecular weight is 491 g/mol. The number of aromatic nitrogens is 3. The lowest BCUT2D eigenvalue weighted by molar-refractivity contribution is 0.0313. The van der Waals surface area contributed by atoms with Crippen LogP contribution in [0.4, 0.5) is 5.95 Å². The largest absolute Gasteiger partial charge is 0.372 e. The van der Waals surface area contributed by atoms with Crippen LogP contribution in [0.2, 0.25) is 15.2 Å². The molecular formula is C18H16BrCl3N4O. The van der Waals surface area contributed by atoms with Gasteiger partial charge in [0.25, 0.3) is 0 Å².